The molecule has 4 nitrogen and oxygen atoms in total. The van der Waals surface area contributed by atoms with E-state index in [0.29, 0.717) is 11.9 Å². The maximum absolute atomic E-state index is 12.4. The summed E-state index contributed by atoms with van der Waals surface area (Å²) in [6, 6.07) is 0.442. The van der Waals surface area contributed by atoms with Crippen LogP contribution in [0.4, 0.5) is 0 Å². The number of nitrogens with zero attached hydrogens (tertiary/aromatic N) is 1. The van der Waals surface area contributed by atoms with Crippen LogP contribution in [-0.4, -0.2) is 49.7 Å². The molecule has 3 rings (SSSR count). The van der Waals surface area contributed by atoms with Gasteiger partial charge in [-0.3, -0.25) is 4.79 Å². The number of nitrogens with one attached hydrogen (secondary N) is 1. The fourth-order valence-electron chi connectivity index (χ4n) is 2.69. The minimum absolute atomic E-state index is 0.247. The van der Waals surface area contributed by atoms with Gasteiger partial charge in [0.05, 0.1) is 5.92 Å². The van der Waals surface area contributed by atoms with Crippen molar-refractivity contribution in [3.63, 3.8) is 0 Å². The highest BCUT2D eigenvalue weighted by molar-refractivity contribution is 5.80. The van der Waals surface area contributed by atoms with Gasteiger partial charge in [-0.1, -0.05) is 0 Å². The van der Waals surface area contributed by atoms with E-state index < -0.39 is 0 Å². The molecule has 0 aromatic carbocycles. The molecule has 3 aliphatic rings. The van der Waals surface area contributed by atoms with Gasteiger partial charge in [-0.15, -0.1) is 0 Å². The minimum Gasteiger partial charge on any atom is -0.381 e. The van der Waals surface area contributed by atoms with Gasteiger partial charge >= 0.3 is 0 Å². The van der Waals surface area contributed by atoms with Gasteiger partial charge in [0.25, 0.3) is 0 Å². The summed E-state index contributed by atoms with van der Waals surface area (Å²) in [5.74, 6) is 1.42. The van der Waals surface area contributed by atoms with E-state index in [-0.39, 0.29) is 5.92 Å². The molecule has 3 fully saturated rings. The lowest BCUT2D eigenvalue weighted by atomic mass is 9.98. The fourth-order valence-corrected chi connectivity index (χ4v) is 2.69. The van der Waals surface area contributed by atoms with E-state index >= 15 is 0 Å². The first kappa shape index (κ1) is 11.5. The summed E-state index contributed by atoms with van der Waals surface area (Å²) in [4.78, 5) is 14.6. The van der Waals surface area contributed by atoms with Crippen molar-refractivity contribution >= 4 is 5.91 Å². The first-order chi connectivity index (χ1) is 8.34. The average Bonchev–Trinajstić information content (AvgIpc) is 3.08. The quantitative estimate of drug-likeness (QED) is 0.781. The molecule has 0 aromatic rings. The normalized spacial score (nSPS) is 26.6. The lowest BCUT2D eigenvalue weighted by molar-refractivity contribution is -0.141. The summed E-state index contributed by atoms with van der Waals surface area (Å²) in [7, 11) is 0. The summed E-state index contributed by atoms with van der Waals surface area (Å²) >= 11 is 0. The summed E-state index contributed by atoms with van der Waals surface area (Å²) in [5, 5.41) is 3.20. The molecule has 17 heavy (non-hydrogen) atoms. The maximum Gasteiger partial charge on any atom is 0.228 e. The molecular formula is C13H22N2O2. The number of hydrogen-bond acceptors (Lipinski definition) is 3. The van der Waals surface area contributed by atoms with E-state index in [1.54, 1.807) is 0 Å². The first-order valence-electron chi connectivity index (χ1n) is 6.93. The lowest BCUT2D eigenvalue weighted by Crippen LogP contribution is -2.55. The van der Waals surface area contributed by atoms with E-state index in [2.05, 4.69) is 10.2 Å². The van der Waals surface area contributed by atoms with Crippen LogP contribution < -0.4 is 5.32 Å². The van der Waals surface area contributed by atoms with E-state index in [1.165, 1.54) is 12.8 Å². The molecular weight excluding hydrogens is 216 g/mol. The Morgan fingerprint density at radius 3 is 2.41 bits per heavy atom. The van der Waals surface area contributed by atoms with Crippen LogP contribution in [0, 0.1) is 11.8 Å². The van der Waals surface area contributed by atoms with Gasteiger partial charge in [0.15, 0.2) is 0 Å². The van der Waals surface area contributed by atoms with Crippen LogP contribution in [0.3, 0.4) is 0 Å². The van der Waals surface area contributed by atoms with Crippen molar-refractivity contribution in [2.24, 2.45) is 11.8 Å². The van der Waals surface area contributed by atoms with Gasteiger partial charge in [-0.2, -0.15) is 0 Å². The van der Waals surface area contributed by atoms with E-state index in [1.807, 2.05) is 0 Å². The Morgan fingerprint density at radius 1 is 1.18 bits per heavy atom. The highest BCUT2D eigenvalue weighted by Gasteiger charge is 2.36. The Labute approximate surface area is 103 Å². The van der Waals surface area contributed by atoms with Gasteiger partial charge in [0.2, 0.25) is 5.91 Å². The van der Waals surface area contributed by atoms with Crippen molar-refractivity contribution in [3.05, 3.63) is 0 Å². The van der Waals surface area contributed by atoms with Gasteiger partial charge in [-0.05, 0) is 31.6 Å². The van der Waals surface area contributed by atoms with Crippen molar-refractivity contribution in [1.29, 1.82) is 0 Å². The Balaban J connectivity index is 1.63. The summed E-state index contributed by atoms with van der Waals surface area (Å²) in [6.07, 6.45) is 4.68. The smallest absolute Gasteiger partial charge is 0.228 e. The Kier molecular flexibility index (Phi) is 3.34. The van der Waals surface area contributed by atoms with Crippen molar-refractivity contribution in [3.8, 4) is 0 Å². The molecule has 0 radical (unpaired) electrons. The largest absolute Gasteiger partial charge is 0.381 e. The van der Waals surface area contributed by atoms with Gasteiger partial charge < -0.3 is 15.0 Å². The fraction of sp³-hybridized carbons (Fsp3) is 0.923. The van der Waals surface area contributed by atoms with Crippen molar-refractivity contribution in [2.45, 2.75) is 31.7 Å². The molecule has 0 atom stereocenters. The molecule has 2 heterocycles. The first-order valence-corrected chi connectivity index (χ1v) is 6.93. The highest BCUT2D eigenvalue weighted by atomic mass is 16.5. The topological polar surface area (TPSA) is 41.6 Å². The molecule has 1 amide bonds. The maximum atomic E-state index is 12.4. The van der Waals surface area contributed by atoms with E-state index in [0.717, 1.165) is 51.6 Å². The predicted octanol–water partition coefficient (Wildman–Crippen LogP) is 0.623. The van der Waals surface area contributed by atoms with Gasteiger partial charge in [-0.25, -0.2) is 0 Å². The molecule has 4 heteroatoms. The molecule has 0 unspecified atom stereocenters. The number of amides is 1. The van der Waals surface area contributed by atoms with Crippen LogP contribution in [-0.2, 0) is 9.53 Å². The van der Waals surface area contributed by atoms with Crippen molar-refractivity contribution < 1.29 is 9.53 Å². The standard InChI is InChI=1S/C13H22N2O2/c16-13(11-7-14-8-11)15(9-10-1-2-10)12-3-5-17-6-4-12/h10-12,14H,1-9H2. The second-order valence-electron chi connectivity index (χ2n) is 5.63. The Morgan fingerprint density at radius 2 is 1.88 bits per heavy atom. The third kappa shape index (κ3) is 2.63. The van der Waals surface area contributed by atoms with Gasteiger partial charge in [0.1, 0.15) is 0 Å². The summed E-state index contributed by atoms with van der Waals surface area (Å²) in [6.45, 7) is 4.40. The molecule has 0 aromatic heterocycles. The van der Waals surface area contributed by atoms with Crippen LogP contribution in [0.5, 0.6) is 0 Å². The zero-order valence-electron chi connectivity index (χ0n) is 10.4. The number of carbonyl (C=O) groups is 1. The number of ether oxygens (including phenoxy) is 1. The minimum atomic E-state index is 0.247. The highest BCUT2D eigenvalue weighted by Crippen LogP contribution is 2.32. The summed E-state index contributed by atoms with van der Waals surface area (Å²) < 4.78 is 5.40. The van der Waals surface area contributed by atoms with E-state index in [4.69, 9.17) is 4.74 Å². The van der Waals surface area contributed by atoms with Crippen LogP contribution in [0.1, 0.15) is 25.7 Å². The second-order valence-corrected chi connectivity index (χ2v) is 5.63. The van der Waals surface area contributed by atoms with Crippen LogP contribution in [0.25, 0.3) is 0 Å². The molecule has 2 saturated heterocycles. The molecule has 1 N–H and O–H groups in total. The monoisotopic (exact) mass is 238 g/mol. The SMILES string of the molecule is O=C(C1CNC1)N(CC1CC1)C1CCOCC1. The zero-order valence-corrected chi connectivity index (χ0v) is 10.4. The molecule has 96 valence electrons. The molecule has 0 bridgehead atoms. The van der Waals surface area contributed by atoms with Crippen LogP contribution in [0.15, 0.2) is 0 Å². The van der Waals surface area contributed by atoms with Gasteiger partial charge in [0, 0.05) is 38.9 Å². The molecule has 1 aliphatic carbocycles. The second kappa shape index (κ2) is 4.94. The third-order valence-corrected chi connectivity index (χ3v) is 4.20. The molecule has 1 saturated carbocycles. The molecule has 0 spiro atoms. The number of carbonyl (C=O) groups excluding carboxylic acids is 1. The molecule has 2 aliphatic heterocycles. The number of hydrogen-bond donors (Lipinski definition) is 1. The Hall–Kier alpha value is -0.610. The van der Waals surface area contributed by atoms with Crippen LogP contribution in [0.2, 0.25) is 0 Å². The van der Waals surface area contributed by atoms with E-state index in [9.17, 15) is 4.79 Å². The zero-order chi connectivity index (χ0) is 11.7. The summed E-state index contributed by atoms with van der Waals surface area (Å²) in [5.41, 5.74) is 0. The third-order valence-electron chi connectivity index (χ3n) is 4.20. The predicted molar refractivity (Wildman–Crippen MR) is 64.6 cm³/mol. The number of rotatable bonds is 4. The van der Waals surface area contributed by atoms with Crippen LogP contribution >= 0.6 is 0 Å². The van der Waals surface area contributed by atoms with Crippen molar-refractivity contribution in [2.75, 3.05) is 32.8 Å². The average molecular weight is 238 g/mol. The van der Waals surface area contributed by atoms with Crippen molar-refractivity contribution in [1.82, 2.24) is 10.2 Å². The lowest BCUT2D eigenvalue weighted by Gasteiger charge is -2.39. The Bertz CT molecular complexity index is 281.